The van der Waals surface area contributed by atoms with Crippen LogP contribution in [0.4, 0.5) is 15.8 Å². The van der Waals surface area contributed by atoms with E-state index in [4.69, 9.17) is 5.73 Å². The molecule has 1 aliphatic rings. The molecule has 1 aromatic rings. The molecule has 0 aromatic heterocycles. The van der Waals surface area contributed by atoms with Crippen LogP contribution in [-0.4, -0.2) is 5.91 Å². The highest BCUT2D eigenvalue weighted by molar-refractivity contribution is 5.94. The van der Waals surface area contributed by atoms with E-state index < -0.39 is 5.82 Å². The van der Waals surface area contributed by atoms with Crippen LogP contribution in [0.2, 0.25) is 0 Å². The lowest BCUT2D eigenvalue weighted by Crippen LogP contribution is -2.13. The molecule has 74 valence electrons. The lowest BCUT2D eigenvalue weighted by molar-refractivity contribution is -0.117. The maximum atomic E-state index is 12.9. The number of rotatable bonds is 2. The van der Waals surface area contributed by atoms with Gasteiger partial charge in [0, 0.05) is 17.3 Å². The summed E-state index contributed by atoms with van der Waals surface area (Å²) in [6.07, 6.45) is 1.85. The van der Waals surface area contributed by atoms with Crippen molar-refractivity contribution in [1.29, 1.82) is 0 Å². The molecule has 0 saturated heterocycles. The van der Waals surface area contributed by atoms with Crippen molar-refractivity contribution in [3.8, 4) is 0 Å². The first kappa shape index (κ1) is 8.99. The van der Waals surface area contributed by atoms with E-state index in [1.54, 1.807) is 6.07 Å². The Balaban J connectivity index is 2.11. The van der Waals surface area contributed by atoms with Crippen LogP contribution in [0.15, 0.2) is 18.2 Å². The highest BCUT2D eigenvalue weighted by Crippen LogP contribution is 2.30. The van der Waals surface area contributed by atoms with Gasteiger partial charge in [0.2, 0.25) is 5.91 Å². The molecule has 3 nitrogen and oxygen atoms in total. The second kappa shape index (κ2) is 3.29. The summed E-state index contributed by atoms with van der Waals surface area (Å²) in [7, 11) is 0. The summed E-state index contributed by atoms with van der Waals surface area (Å²) >= 11 is 0. The van der Waals surface area contributed by atoms with Crippen molar-refractivity contribution >= 4 is 17.3 Å². The fraction of sp³-hybridized carbons (Fsp3) is 0.300. The maximum absolute atomic E-state index is 12.9. The molecule has 14 heavy (non-hydrogen) atoms. The van der Waals surface area contributed by atoms with Gasteiger partial charge in [-0.3, -0.25) is 4.79 Å². The molecule has 1 saturated carbocycles. The maximum Gasteiger partial charge on any atom is 0.227 e. The molecule has 1 fully saturated rings. The Morgan fingerprint density at radius 2 is 2.14 bits per heavy atom. The van der Waals surface area contributed by atoms with Crippen LogP contribution in [0.3, 0.4) is 0 Å². The van der Waals surface area contributed by atoms with Gasteiger partial charge in [-0.2, -0.15) is 0 Å². The van der Waals surface area contributed by atoms with Crippen molar-refractivity contribution in [3.05, 3.63) is 24.0 Å². The molecule has 1 aliphatic carbocycles. The summed E-state index contributed by atoms with van der Waals surface area (Å²) in [4.78, 5) is 11.3. The Labute approximate surface area is 81.1 Å². The first-order valence-electron chi connectivity index (χ1n) is 4.52. The van der Waals surface area contributed by atoms with E-state index in [1.807, 2.05) is 0 Å². The average Bonchev–Trinajstić information content (AvgIpc) is 2.82. The van der Waals surface area contributed by atoms with Gasteiger partial charge in [0.1, 0.15) is 5.82 Å². The van der Waals surface area contributed by atoms with Crippen molar-refractivity contribution in [2.45, 2.75) is 12.8 Å². The molecular weight excluding hydrogens is 183 g/mol. The molecular formula is C10H11FN2O. The number of benzene rings is 1. The number of anilines is 2. The molecule has 1 amide bonds. The standard InChI is InChI=1S/C10H11FN2O/c11-7-3-8(12)5-9(4-7)13-10(14)6-1-2-6/h3-6H,1-2,12H2,(H,13,14). The third kappa shape index (κ3) is 2.02. The van der Waals surface area contributed by atoms with Crippen molar-refractivity contribution < 1.29 is 9.18 Å². The zero-order valence-corrected chi connectivity index (χ0v) is 7.59. The van der Waals surface area contributed by atoms with Gasteiger partial charge in [0.25, 0.3) is 0 Å². The number of nitrogen functional groups attached to an aromatic ring is 1. The predicted octanol–water partition coefficient (Wildman–Crippen LogP) is 1.76. The van der Waals surface area contributed by atoms with E-state index in [-0.39, 0.29) is 11.8 Å². The third-order valence-electron chi connectivity index (χ3n) is 2.14. The van der Waals surface area contributed by atoms with Crippen molar-refractivity contribution in [2.75, 3.05) is 11.1 Å². The molecule has 1 aromatic carbocycles. The summed E-state index contributed by atoms with van der Waals surface area (Å²) in [6.45, 7) is 0. The molecule has 3 N–H and O–H groups in total. The molecule has 4 heteroatoms. The zero-order chi connectivity index (χ0) is 10.1. The van der Waals surface area contributed by atoms with Gasteiger partial charge < -0.3 is 11.1 Å². The number of carbonyl (C=O) groups is 1. The fourth-order valence-electron chi connectivity index (χ4n) is 1.27. The second-order valence-corrected chi connectivity index (χ2v) is 3.54. The molecule has 0 aliphatic heterocycles. The second-order valence-electron chi connectivity index (χ2n) is 3.54. The van der Waals surface area contributed by atoms with Crippen LogP contribution in [-0.2, 0) is 4.79 Å². The van der Waals surface area contributed by atoms with Crippen molar-refractivity contribution in [3.63, 3.8) is 0 Å². The third-order valence-corrected chi connectivity index (χ3v) is 2.14. The van der Waals surface area contributed by atoms with E-state index in [2.05, 4.69) is 5.32 Å². The Morgan fingerprint density at radius 3 is 2.71 bits per heavy atom. The Bertz CT molecular complexity index is 354. The smallest absolute Gasteiger partial charge is 0.227 e. The fourth-order valence-corrected chi connectivity index (χ4v) is 1.27. The van der Waals surface area contributed by atoms with Crippen LogP contribution in [0, 0.1) is 11.7 Å². The number of hydrogen-bond donors (Lipinski definition) is 2. The highest BCUT2D eigenvalue weighted by Gasteiger charge is 2.29. The molecule has 2 rings (SSSR count). The summed E-state index contributed by atoms with van der Waals surface area (Å²) in [5.74, 6) is -0.370. The minimum atomic E-state index is -0.434. The number of hydrogen-bond acceptors (Lipinski definition) is 2. The van der Waals surface area contributed by atoms with Gasteiger partial charge in [-0.1, -0.05) is 0 Å². The zero-order valence-electron chi connectivity index (χ0n) is 7.59. The van der Waals surface area contributed by atoms with E-state index in [1.165, 1.54) is 12.1 Å². The van der Waals surface area contributed by atoms with Crippen molar-refractivity contribution in [2.24, 2.45) is 5.92 Å². The van der Waals surface area contributed by atoms with E-state index >= 15 is 0 Å². The lowest BCUT2D eigenvalue weighted by atomic mass is 10.2. The van der Waals surface area contributed by atoms with Gasteiger partial charge >= 0.3 is 0 Å². The number of amides is 1. The van der Waals surface area contributed by atoms with Crippen LogP contribution in [0.25, 0.3) is 0 Å². The van der Waals surface area contributed by atoms with E-state index in [0.717, 1.165) is 12.8 Å². The highest BCUT2D eigenvalue weighted by atomic mass is 19.1. The minimum absolute atomic E-state index is 0.0463. The molecule has 0 spiro atoms. The number of halogens is 1. The topological polar surface area (TPSA) is 55.1 Å². The van der Waals surface area contributed by atoms with Gasteiger partial charge in [0.15, 0.2) is 0 Å². The minimum Gasteiger partial charge on any atom is -0.399 e. The number of nitrogens with two attached hydrogens (primary N) is 1. The predicted molar refractivity (Wildman–Crippen MR) is 52.2 cm³/mol. The largest absolute Gasteiger partial charge is 0.399 e. The first-order valence-corrected chi connectivity index (χ1v) is 4.52. The number of nitrogens with one attached hydrogen (secondary N) is 1. The summed E-state index contributed by atoms with van der Waals surface area (Å²) in [5.41, 5.74) is 6.18. The number of carbonyl (C=O) groups excluding carboxylic acids is 1. The quantitative estimate of drug-likeness (QED) is 0.705. The van der Waals surface area contributed by atoms with Crippen LogP contribution >= 0.6 is 0 Å². The first-order chi connectivity index (χ1) is 6.65. The summed E-state index contributed by atoms with van der Waals surface area (Å²) in [5, 5.41) is 2.63. The molecule has 0 radical (unpaired) electrons. The summed E-state index contributed by atoms with van der Waals surface area (Å²) in [6, 6.07) is 4.02. The molecule has 0 heterocycles. The van der Waals surface area contributed by atoms with Gasteiger partial charge in [-0.25, -0.2) is 4.39 Å². The monoisotopic (exact) mass is 194 g/mol. The summed E-state index contributed by atoms with van der Waals surface area (Å²) < 4.78 is 12.9. The van der Waals surface area contributed by atoms with Gasteiger partial charge in [-0.15, -0.1) is 0 Å². The Hall–Kier alpha value is -1.58. The SMILES string of the molecule is Nc1cc(F)cc(NC(=O)C2CC2)c1. The molecule has 0 atom stereocenters. The van der Waals surface area contributed by atoms with Crippen LogP contribution < -0.4 is 11.1 Å². The van der Waals surface area contributed by atoms with Crippen molar-refractivity contribution in [1.82, 2.24) is 0 Å². The van der Waals surface area contributed by atoms with E-state index in [9.17, 15) is 9.18 Å². The molecule has 0 bridgehead atoms. The Kier molecular flexibility index (Phi) is 2.11. The van der Waals surface area contributed by atoms with Gasteiger partial charge in [-0.05, 0) is 31.0 Å². The Morgan fingerprint density at radius 1 is 1.43 bits per heavy atom. The van der Waals surface area contributed by atoms with E-state index in [0.29, 0.717) is 11.4 Å². The normalized spacial score (nSPS) is 15.2. The lowest BCUT2D eigenvalue weighted by Gasteiger charge is -2.04. The average molecular weight is 194 g/mol. The van der Waals surface area contributed by atoms with Gasteiger partial charge in [0.05, 0.1) is 0 Å². The molecule has 0 unspecified atom stereocenters. The van der Waals surface area contributed by atoms with Crippen LogP contribution in [0.5, 0.6) is 0 Å². The van der Waals surface area contributed by atoms with Crippen LogP contribution in [0.1, 0.15) is 12.8 Å².